The SMILES string of the molecule is COc1ccc(C(=O)N2CCC[C@H]2c2noc(C)n2)nn1. The van der Waals surface area contributed by atoms with Crippen LogP contribution in [0.5, 0.6) is 5.88 Å². The second-order valence-corrected chi connectivity index (χ2v) is 4.79. The molecule has 3 heterocycles. The average Bonchev–Trinajstić information content (AvgIpc) is 3.15. The molecule has 1 aliphatic heterocycles. The van der Waals surface area contributed by atoms with E-state index in [0.29, 0.717) is 24.1 Å². The van der Waals surface area contributed by atoms with Gasteiger partial charge in [-0.1, -0.05) is 5.16 Å². The molecule has 1 atom stereocenters. The fourth-order valence-electron chi connectivity index (χ4n) is 2.42. The van der Waals surface area contributed by atoms with Crippen molar-refractivity contribution in [2.24, 2.45) is 0 Å². The summed E-state index contributed by atoms with van der Waals surface area (Å²) in [4.78, 5) is 18.5. The van der Waals surface area contributed by atoms with E-state index in [2.05, 4.69) is 20.3 Å². The molecule has 1 fully saturated rings. The first-order valence-electron chi connectivity index (χ1n) is 6.68. The van der Waals surface area contributed by atoms with Gasteiger partial charge in [0.1, 0.15) is 0 Å². The van der Waals surface area contributed by atoms with Gasteiger partial charge in [-0.05, 0) is 18.9 Å². The summed E-state index contributed by atoms with van der Waals surface area (Å²) < 4.78 is 9.93. The molecule has 0 unspecified atom stereocenters. The Morgan fingerprint density at radius 1 is 1.43 bits per heavy atom. The van der Waals surface area contributed by atoms with Gasteiger partial charge in [-0.25, -0.2) is 0 Å². The molecule has 1 aliphatic rings. The van der Waals surface area contributed by atoms with E-state index < -0.39 is 0 Å². The van der Waals surface area contributed by atoms with Crippen molar-refractivity contribution in [3.8, 4) is 5.88 Å². The predicted octanol–water partition coefficient (Wildman–Crippen LogP) is 1.15. The molecule has 8 nitrogen and oxygen atoms in total. The first kappa shape index (κ1) is 13.5. The molecule has 0 spiro atoms. The highest BCUT2D eigenvalue weighted by atomic mass is 16.5. The molecule has 0 radical (unpaired) electrons. The molecule has 1 saturated heterocycles. The lowest BCUT2D eigenvalue weighted by Gasteiger charge is -2.21. The van der Waals surface area contributed by atoms with Gasteiger partial charge in [-0.15, -0.1) is 10.2 Å². The molecule has 21 heavy (non-hydrogen) atoms. The summed E-state index contributed by atoms with van der Waals surface area (Å²) in [5.74, 6) is 1.22. The van der Waals surface area contributed by atoms with Gasteiger partial charge in [0.05, 0.1) is 13.2 Å². The van der Waals surface area contributed by atoms with E-state index in [1.165, 1.54) is 7.11 Å². The smallest absolute Gasteiger partial charge is 0.274 e. The van der Waals surface area contributed by atoms with Gasteiger partial charge in [-0.2, -0.15) is 4.98 Å². The Morgan fingerprint density at radius 3 is 2.90 bits per heavy atom. The lowest BCUT2D eigenvalue weighted by molar-refractivity contribution is 0.0721. The van der Waals surface area contributed by atoms with Crippen molar-refractivity contribution in [1.29, 1.82) is 0 Å². The normalized spacial score (nSPS) is 18.0. The Bertz CT molecular complexity index is 640. The largest absolute Gasteiger partial charge is 0.480 e. The number of hydrogen-bond donors (Lipinski definition) is 0. The summed E-state index contributed by atoms with van der Waals surface area (Å²) in [5.41, 5.74) is 0.280. The Labute approximate surface area is 121 Å². The van der Waals surface area contributed by atoms with Crippen LogP contribution in [0.3, 0.4) is 0 Å². The minimum Gasteiger partial charge on any atom is -0.480 e. The molecule has 0 aliphatic carbocycles. The van der Waals surface area contributed by atoms with E-state index >= 15 is 0 Å². The molecule has 3 rings (SSSR count). The fraction of sp³-hybridized carbons (Fsp3) is 0.462. The number of carbonyl (C=O) groups is 1. The Kier molecular flexibility index (Phi) is 3.51. The number of nitrogens with zero attached hydrogens (tertiary/aromatic N) is 5. The van der Waals surface area contributed by atoms with E-state index in [9.17, 15) is 4.79 Å². The van der Waals surface area contributed by atoms with E-state index in [4.69, 9.17) is 9.26 Å². The van der Waals surface area contributed by atoms with Crippen LogP contribution in [-0.2, 0) is 0 Å². The monoisotopic (exact) mass is 289 g/mol. The number of aryl methyl sites for hydroxylation is 1. The first-order chi connectivity index (χ1) is 10.2. The van der Waals surface area contributed by atoms with E-state index in [1.807, 2.05) is 0 Å². The van der Waals surface area contributed by atoms with Crippen molar-refractivity contribution in [2.45, 2.75) is 25.8 Å². The summed E-state index contributed by atoms with van der Waals surface area (Å²) in [7, 11) is 1.50. The second kappa shape index (κ2) is 5.47. The van der Waals surface area contributed by atoms with E-state index in [1.54, 1.807) is 24.0 Å². The van der Waals surface area contributed by atoms with Crippen molar-refractivity contribution in [3.05, 3.63) is 29.5 Å². The van der Waals surface area contributed by atoms with Gasteiger partial charge in [0.25, 0.3) is 5.91 Å². The maximum atomic E-state index is 12.5. The van der Waals surface area contributed by atoms with Crippen LogP contribution in [-0.4, -0.2) is 44.8 Å². The van der Waals surface area contributed by atoms with Gasteiger partial charge in [0.2, 0.25) is 11.8 Å². The Hall–Kier alpha value is -2.51. The summed E-state index contributed by atoms with van der Waals surface area (Å²) >= 11 is 0. The summed E-state index contributed by atoms with van der Waals surface area (Å²) in [6.07, 6.45) is 1.71. The van der Waals surface area contributed by atoms with Crippen LogP contribution in [0.1, 0.15) is 41.1 Å². The minimum absolute atomic E-state index is 0.168. The zero-order valence-corrected chi connectivity index (χ0v) is 11.8. The average molecular weight is 289 g/mol. The molecule has 2 aromatic heterocycles. The van der Waals surface area contributed by atoms with Crippen molar-refractivity contribution in [2.75, 3.05) is 13.7 Å². The molecule has 110 valence electrons. The predicted molar refractivity (Wildman–Crippen MR) is 70.6 cm³/mol. The number of likely N-dealkylation sites (tertiary alicyclic amines) is 1. The highest BCUT2D eigenvalue weighted by Crippen LogP contribution is 2.31. The third kappa shape index (κ3) is 2.56. The summed E-state index contributed by atoms with van der Waals surface area (Å²) in [6.45, 7) is 2.37. The highest BCUT2D eigenvalue weighted by Gasteiger charge is 2.34. The number of rotatable bonds is 3. The lowest BCUT2D eigenvalue weighted by Crippen LogP contribution is -2.31. The zero-order valence-electron chi connectivity index (χ0n) is 11.8. The topological polar surface area (TPSA) is 94.2 Å². The maximum absolute atomic E-state index is 12.5. The molecule has 2 aromatic rings. The zero-order chi connectivity index (χ0) is 14.8. The first-order valence-corrected chi connectivity index (χ1v) is 6.68. The fourth-order valence-corrected chi connectivity index (χ4v) is 2.42. The summed E-state index contributed by atoms with van der Waals surface area (Å²) in [5, 5.41) is 11.6. The third-order valence-electron chi connectivity index (χ3n) is 3.42. The maximum Gasteiger partial charge on any atom is 0.274 e. The van der Waals surface area contributed by atoms with Gasteiger partial charge in [0, 0.05) is 19.5 Å². The molecule has 0 N–H and O–H groups in total. The van der Waals surface area contributed by atoms with E-state index in [-0.39, 0.29) is 17.6 Å². The van der Waals surface area contributed by atoms with Crippen LogP contribution in [0.25, 0.3) is 0 Å². The van der Waals surface area contributed by atoms with Crippen molar-refractivity contribution in [1.82, 2.24) is 25.2 Å². The van der Waals surface area contributed by atoms with Crippen LogP contribution in [0.15, 0.2) is 16.7 Å². The van der Waals surface area contributed by atoms with Crippen molar-refractivity contribution >= 4 is 5.91 Å². The minimum atomic E-state index is -0.185. The van der Waals surface area contributed by atoms with Crippen molar-refractivity contribution in [3.63, 3.8) is 0 Å². The number of aromatic nitrogens is 4. The molecule has 8 heteroatoms. The lowest BCUT2D eigenvalue weighted by atomic mass is 10.2. The molecular weight excluding hydrogens is 274 g/mol. The van der Waals surface area contributed by atoms with Gasteiger partial charge >= 0.3 is 0 Å². The van der Waals surface area contributed by atoms with E-state index in [0.717, 1.165) is 12.8 Å². The van der Waals surface area contributed by atoms with Gasteiger partial charge in [-0.3, -0.25) is 4.79 Å². The van der Waals surface area contributed by atoms with Crippen molar-refractivity contribution < 1.29 is 14.1 Å². The van der Waals surface area contributed by atoms with Crippen LogP contribution in [0.4, 0.5) is 0 Å². The van der Waals surface area contributed by atoms with Crippen LogP contribution in [0.2, 0.25) is 0 Å². The Morgan fingerprint density at radius 2 is 2.29 bits per heavy atom. The van der Waals surface area contributed by atoms with Crippen LogP contribution >= 0.6 is 0 Å². The van der Waals surface area contributed by atoms with Gasteiger partial charge in [0.15, 0.2) is 11.5 Å². The number of ether oxygens (including phenoxy) is 1. The number of carbonyl (C=O) groups excluding carboxylic acids is 1. The van der Waals surface area contributed by atoms with Gasteiger partial charge < -0.3 is 14.2 Å². The molecular formula is C13H15N5O3. The second-order valence-electron chi connectivity index (χ2n) is 4.79. The number of amides is 1. The Balaban J connectivity index is 1.82. The molecule has 0 saturated carbocycles. The number of methoxy groups -OCH3 is 1. The summed E-state index contributed by atoms with van der Waals surface area (Å²) in [6, 6.07) is 3.05. The molecule has 1 amide bonds. The highest BCUT2D eigenvalue weighted by molar-refractivity contribution is 5.92. The third-order valence-corrected chi connectivity index (χ3v) is 3.42. The number of hydrogen-bond acceptors (Lipinski definition) is 7. The quantitative estimate of drug-likeness (QED) is 0.836. The van der Waals surface area contributed by atoms with Crippen LogP contribution < -0.4 is 4.74 Å². The standard InChI is InChI=1S/C13H15N5O3/c1-8-14-12(17-21-8)10-4-3-7-18(10)13(19)9-5-6-11(20-2)16-15-9/h5-6,10H,3-4,7H2,1-2H3/t10-/m0/s1. The van der Waals surface area contributed by atoms with Crippen LogP contribution in [0, 0.1) is 6.92 Å². The molecule has 0 aromatic carbocycles. The molecule has 0 bridgehead atoms.